The third-order valence-corrected chi connectivity index (χ3v) is 5.21. The molecular formula is C22H38O4S. The van der Waals surface area contributed by atoms with Crippen LogP contribution >= 0.6 is 0 Å². The van der Waals surface area contributed by atoms with Crippen LogP contribution < -0.4 is 4.74 Å². The standard InChI is InChI=1S/C22H38O4S/c1-7-8-9-10-13-25-14-15-26-19-12-11-18(16-20(19)27(23)24)22(5,6)17-21(2,3)4/h11-12,16H,7-10,13-15,17H2,1-6H3,(H,23,24). The second kappa shape index (κ2) is 11.2. The van der Waals surface area contributed by atoms with E-state index < -0.39 is 11.1 Å². The van der Waals surface area contributed by atoms with Crippen LogP contribution in [0.4, 0.5) is 0 Å². The fraction of sp³-hybridized carbons (Fsp3) is 0.727. The Morgan fingerprint density at radius 2 is 1.70 bits per heavy atom. The highest BCUT2D eigenvalue weighted by Gasteiger charge is 2.28. The molecule has 1 aromatic rings. The van der Waals surface area contributed by atoms with Crippen molar-refractivity contribution in [2.45, 2.75) is 84.0 Å². The molecule has 4 nitrogen and oxygen atoms in total. The van der Waals surface area contributed by atoms with Crippen LogP contribution in [0.25, 0.3) is 0 Å². The first-order valence-corrected chi connectivity index (χ1v) is 11.1. The van der Waals surface area contributed by atoms with Gasteiger partial charge in [0.2, 0.25) is 0 Å². The molecule has 0 radical (unpaired) electrons. The zero-order chi connectivity index (χ0) is 20.5. The SMILES string of the molecule is CCCCCCOCCOc1ccc(C(C)(C)CC(C)(C)C)cc1S(=O)O. The fourth-order valence-electron chi connectivity index (χ4n) is 3.56. The molecule has 1 N–H and O–H groups in total. The maximum atomic E-state index is 11.8. The molecule has 1 aromatic carbocycles. The van der Waals surface area contributed by atoms with E-state index in [0.29, 0.717) is 23.9 Å². The van der Waals surface area contributed by atoms with Crippen molar-refractivity contribution < 1.29 is 18.2 Å². The summed E-state index contributed by atoms with van der Waals surface area (Å²) in [6.07, 6.45) is 5.69. The second-order valence-corrected chi connectivity index (χ2v) is 9.99. The zero-order valence-electron chi connectivity index (χ0n) is 18.0. The Balaban J connectivity index is 2.67. The molecule has 1 rings (SSSR count). The van der Waals surface area contributed by atoms with Crippen LogP contribution in [0.1, 0.15) is 79.2 Å². The number of rotatable bonds is 12. The van der Waals surface area contributed by atoms with Crippen molar-refractivity contribution in [2.24, 2.45) is 5.41 Å². The zero-order valence-corrected chi connectivity index (χ0v) is 18.8. The molecule has 1 atom stereocenters. The minimum Gasteiger partial charge on any atom is -0.490 e. The van der Waals surface area contributed by atoms with Crippen molar-refractivity contribution >= 4 is 11.1 Å². The van der Waals surface area contributed by atoms with Gasteiger partial charge in [0.15, 0.2) is 11.1 Å². The highest BCUT2D eigenvalue weighted by atomic mass is 32.2. The maximum absolute atomic E-state index is 11.8. The van der Waals surface area contributed by atoms with Crippen LogP contribution in [-0.2, 0) is 21.2 Å². The minimum atomic E-state index is -2.09. The van der Waals surface area contributed by atoms with Gasteiger partial charge in [-0.15, -0.1) is 0 Å². The molecule has 0 saturated carbocycles. The summed E-state index contributed by atoms with van der Waals surface area (Å²) in [6.45, 7) is 14.8. The summed E-state index contributed by atoms with van der Waals surface area (Å²) >= 11 is -2.09. The predicted octanol–water partition coefficient (Wildman–Crippen LogP) is 5.96. The molecule has 0 aromatic heterocycles. The first-order valence-electron chi connectivity index (χ1n) is 10.0. The van der Waals surface area contributed by atoms with E-state index in [2.05, 4.69) is 41.5 Å². The van der Waals surface area contributed by atoms with E-state index in [-0.39, 0.29) is 10.8 Å². The number of unbranched alkanes of at least 4 members (excludes halogenated alkanes) is 3. The van der Waals surface area contributed by atoms with Gasteiger partial charge in [-0.25, -0.2) is 4.21 Å². The van der Waals surface area contributed by atoms with E-state index in [1.807, 2.05) is 18.2 Å². The lowest BCUT2D eigenvalue weighted by Gasteiger charge is -2.33. The van der Waals surface area contributed by atoms with Crippen molar-refractivity contribution in [3.8, 4) is 5.75 Å². The van der Waals surface area contributed by atoms with Gasteiger partial charge in [0, 0.05) is 6.61 Å². The maximum Gasteiger partial charge on any atom is 0.190 e. The number of hydrogen-bond acceptors (Lipinski definition) is 3. The lowest BCUT2D eigenvalue weighted by atomic mass is 9.72. The largest absolute Gasteiger partial charge is 0.490 e. The molecule has 0 amide bonds. The van der Waals surface area contributed by atoms with E-state index in [0.717, 1.165) is 25.0 Å². The highest BCUT2D eigenvalue weighted by Crippen LogP contribution is 2.38. The van der Waals surface area contributed by atoms with Crippen molar-refractivity contribution in [1.82, 2.24) is 0 Å². The van der Waals surface area contributed by atoms with E-state index in [1.54, 1.807) is 0 Å². The van der Waals surface area contributed by atoms with Crippen molar-refractivity contribution in [3.05, 3.63) is 23.8 Å². The third kappa shape index (κ3) is 9.22. The highest BCUT2D eigenvalue weighted by molar-refractivity contribution is 7.79. The van der Waals surface area contributed by atoms with Gasteiger partial charge in [-0.2, -0.15) is 0 Å². The van der Waals surface area contributed by atoms with Gasteiger partial charge >= 0.3 is 0 Å². The summed E-state index contributed by atoms with van der Waals surface area (Å²) in [5, 5.41) is 0. The summed E-state index contributed by atoms with van der Waals surface area (Å²) in [7, 11) is 0. The second-order valence-electron chi connectivity index (χ2n) is 9.05. The smallest absolute Gasteiger partial charge is 0.190 e. The number of ether oxygens (including phenoxy) is 2. The van der Waals surface area contributed by atoms with Gasteiger partial charge in [-0.05, 0) is 41.4 Å². The molecule has 0 bridgehead atoms. The Kier molecular flexibility index (Phi) is 9.99. The Morgan fingerprint density at radius 1 is 1.00 bits per heavy atom. The first-order chi connectivity index (χ1) is 12.6. The van der Waals surface area contributed by atoms with E-state index in [9.17, 15) is 8.76 Å². The minimum absolute atomic E-state index is 0.0908. The molecule has 5 heteroatoms. The molecule has 0 aliphatic carbocycles. The molecule has 0 fully saturated rings. The predicted molar refractivity (Wildman–Crippen MR) is 113 cm³/mol. The molecule has 0 heterocycles. The van der Waals surface area contributed by atoms with Gasteiger partial charge < -0.3 is 14.0 Å². The monoisotopic (exact) mass is 398 g/mol. The van der Waals surface area contributed by atoms with Crippen LogP contribution in [-0.4, -0.2) is 28.6 Å². The number of hydrogen-bond donors (Lipinski definition) is 1. The van der Waals surface area contributed by atoms with Crippen LogP contribution in [0.2, 0.25) is 0 Å². The van der Waals surface area contributed by atoms with Crippen LogP contribution in [0, 0.1) is 5.41 Å². The van der Waals surface area contributed by atoms with Gasteiger partial charge in [-0.3, -0.25) is 0 Å². The number of benzene rings is 1. The fourth-order valence-corrected chi connectivity index (χ4v) is 4.08. The van der Waals surface area contributed by atoms with Crippen molar-refractivity contribution in [1.29, 1.82) is 0 Å². The summed E-state index contributed by atoms with van der Waals surface area (Å²) < 4.78 is 32.8. The summed E-state index contributed by atoms with van der Waals surface area (Å²) in [6, 6.07) is 5.62. The van der Waals surface area contributed by atoms with Gasteiger partial charge in [0.25, 0.3) is 0 Å². The molecule has 1 unspecified atom stereocenters. The van der Waals surface area contributed by atoms with Gasteiger partial charge in [0.1, 0.15) is 17.3 Å². The van der Waals surface area contributed by atoms with Crippen molar-refractivity contribution in [3.63, 3.8) is 0 Å². The summed E-state index contributed by atoms with van der Waals surface area (Å²) in [4.78, 5) is 0.331. The topological polar surface area (TPSA) is 55.8 Å². The normalized spacial score (nSPS) is 13.6. The van der Waals surface area contributed by atoms with Gasteiger partial charge in [0.05, 0.1) is 6.61 Å². The lowest BCUT2D eigenvalue weighted by Crippen LogP contribution is -2.25. The average molecular weight is 399 g/mol. The van der Waals surface area contributed by atoms with Gasteiger partial charge in [-0.1, -0.05) is 66.9 Å². The van der Waals surface area contributed by atoms with Crippen molar-refractivity contribution in [2.75, 3.05) is 19.8 Å². The average Bonchev–Trinajstić information content (AvgIpc) is 2.55. The lowest BCUT2D eigenvalue weighted by molar-refractivity contribution is 0.0961. The Morgan fingerprint density at radius 3 is 2.30 bits per heavy atom. The molecule has 0 aliphatic heterocycles. The molecule has 0 saturated heterocycles. The third-order valence-electron chi connectivity index (χ3n) is 4.51. The van der Waals surface area contributed by atoms with Crippen LogP contribution in [0.15, 0.2) is 23.1 Å². The van der Waals surface area contributed by atoms with E-state index in [1.165, 1.54) is 19.3 Å². The quantitative estimate of drug-likeness (QED) is 0.349. The molecule has 0 spiro atoms. The first kappa shape index (κ1) is 24.1. The van der Waals surface area contributed by atoms with Crippen LogP contribution in [0.5, 0.6) is 5.75 Å². The molecular weight excluding hydrogens is 360 g/mol. The Labute approximate surface area is 168 Å². The summed E-state index contributed by atoms with van der Waals surface area (Å²) in [5.74, 6) is 0.459. The molecule has 156 valence electrons. The molecule has 27 heavy (non-hydrogen) atoms. The van der Waals surface area contributed by atoms with E-state index in [4.69, 9.17) is 9.47 Å². The Bertz CT molecular complexity index is 590. The Hall–Kier alpha value is -0.910. The summed E-state index contributed by atoms with van der Waals surface area (Å²) in [5.41, 5.74) is 1.13. The van der Waals surface area contributed by atoms with E-state index >= 15 is 0 Å². The van der Waals surface area contributed by atoms with Crippen LogP contribution in [0.3, 0.4) is 0 Å². The molecule has 0 aliphatic rings.